The summed E-state index contributed by atoms with van der Waals surface area (Å²) in [6, 6.07) is 13.4. The van der Waals surface area contributed by atoms with E-state index in [1.54, 1.807) is 19.1 Å². The molecule has 1 amide bonds. The lowest BCUT2D eigenvalue weighted by Crippen LogP contribution is -2.48. The molecule has 9 nitrogen and oxygen atoms in total. The number of fused-ring (bicyclic) bond motifs is 6. The van der Waals surface area contributed by atoms with Crippen LogP contribution in [0.4, 0.5) is 5.69 Å². The van der Waals surface area contributed by atoms with Crippen LogP contribution < -0.4 is 20.1 Å². The fraction of sp³-hybridized carbons (Fsp3) is 0.321. The van der Waals surface area contributed by atoms with E-state index in [0.717, 1.165) is 23.2 Å². The second-order valence-corrected chi connectivity index (χ2v) is 9.33. The van der Waals surface area contributed by atoms with Crippen molar-refractivity contribution in [3.05, 3.63) is 70.6 Å². The summed E-state index contributed by atoms with van der Waals surface area (Å²) in [5, 5.41) is 10.3. The molecule has 4 heterocycles. The molecule has 4 aliphatic rings. The number of carbonyl (C=O) groups is 2. The molecule has 37 heavy (non-hydrogen) atoms. The van der Waals surface area contributed by atoms with Gasteiger partial charge in [0.15, 0.2) is 11.5 Å². The quantitative estimate of drug-likeness (QED) is 0.642. The average molecular weight is 499 g/mol. The Labute approximate surface area is 214 Å². The van der Waals surface area contributed by atoms with E-state index < -0.39 is 17.3 Å². The molecule has 4 aliphatic heterocycles. The van der Waals surface area contributed by atoms with E-state index in [0.29, 0.717) is 48.9 Å². The molecule has 0 fully saturated rings. The second-order valence-electron chi connectivity index (χ2n) is 9.33. The van der Waals surface area contributed by atoms with E-state index in [9.17, 15) is 14.9 Å². The molecule has 6 rings (SSSR count). The van der Waals surface area contributed by atoms with Crippen molar-refractivity contribution in [2.75, 3.05) is 37.8 Å². The standard InChI is InChI=1S/C28H26N4O5/c1-2-35-25(33)16-32-21-7-4-3-6-19(21)28(27(32)34)14-22-18-13-24-23(36-10-5-11-37-24)12-17(18)8-9-31(22)26(30)20(28)15-29/h3-4,6-7,12-14H,2,5,8-11,16,30H2,1H3/t28-/m0/s1. The Kier molecular flexibility index (Phi) is 5.33. The number of benzene rings is 2. The first-order valence-corrected chi connectivity index (χ1v) is 12.4. The van der Waals surface area contributed by atoms with Crippen LogP contribution in [-0.4, -0.2) is 49.7 Å². The molecule has 2 N–H and O–H groups in total. The molecule has 188 valence electrons. The third-order valence-electron chi connectivity index (χ3n) is 7.35. The number of ether oxygens (including phenoxy) is 3. The predicted molar refractivity (Wildman–Crippen MR) is 134 cm³/mol. The van der Waals surface area contributed by atoms with Gasteiger partial charge in [0.1, 0.15) is 23.8 Å². The zero-order valence-electron chi connectivity index (χ0n) is 20.5. The molecule has 2 aromatic rings. The summed E-state index contributed by atoms with van der Waals surface area (Å²) in [6.07, 6.45) is 3.31. The molecule has 1 atom stereocenters. The van der Waals surface area contributed by atoms with E-state index in [1.807, 2.05) is 35.2 Å². The molecule has 2 aromatic carbocycles. The summed E-state index contributed by atoms with van der Waals surface area (Å²) in [7, 11) is 0. The van der Waals surface area contributed by atoms with Crippen molar-refractivity contribution in [1.82, 2.24) is 4.90 Å². The van der Waals surface area contributed by atoms with Crippen LogP contribution in [0.1, 0.15) is 30.0 Å². The summed E-state index contributed by atoms with van der Waals surface area (Å²) in [6.45, 7) is 3.35. The highest BCUT2D eigenvalue weighted by atomic mass is 16.5. The highest BCUT2D eigenvalue weighted by molar-refractivity contribution is 6.15. The highest BCUT2D eigenvalue weighted by Gasteiger charge is 2.56. The van der Waals surface area contributed by atoms with Crippen LogP contribution in [0.15, 0.2) is 53.9 Å². The summed E-state index contributed by atoms with van der Waals surface area (Å²) in [5.74, 6) is 0.656. The number of esters is 1. The van der Waals surface area contributed by atoms with Gasteiger partial charge >= 0.3 is 5.97 Å². The van der Waals surface area contributed by atoms with Gasteiger partial charge in [-0.15, -0.1) is 0 Å². The van der Waals surface area contributed by atoms with Gasteiger partial charge in [0.2, 0.25) is 5.91 Å². The lowest BCUT2D eigenvalue weighted by molar-refractivity contribution is -0.142. The number of nitriles is 1. The van der Waals surface area contributed by atoms with Crippen LogP contribution in [0.5, 0.6) is 11.5 Å². The van der Waals surface area contributed by atoms with Crippen LogP contribution in [0.2, 0.25) is 0 Å². The third kappa shape index (κ3) is 3.29. The molecule has 0 aromatic heterocycles. The Hall–Kier alpha value is -4.45. The molecule has 9 heteroatoms. The molecular weight excluding hydrogens is 472 g/mol. The summed E-state index contributed by atoms with van der Waals surface area (Å²) < 4.78 is 17.0. The predicted octanol–water partition coefficient (Wildman–Crippen LogP) is 2.60. The van der Waals surface area contributed by atoms with Crippen molar-refractivity contribution in [1.29, 1.82) is 5.26 Å². The zero-order valence-corrected chi connectivity index (χ0v) is 20.5. The van der Waals surface area contributed by atoms with Gasteiger partial charge in [-0.1, -0.05) is 18.2 Å². The second kappa shape index (κ2) is 8.59. The Morgan fingerprint density at radius 2 is 1.97 bits per heavy atom. The van der Waals surface area contributed by atoms with E-state index in [2.05, 4.69) is 6.07 Å². The zero-order chi connectivity index (χ0) is 25.7. The fourth-order valence-corrected chi connectivity index (χ4v) is 5.71. The Bertz CT molecular complexity index is 1440. The Morgan fingerprint density at radius 3 is 2.73 bits per heavy atom. The average Bonchev–Trinajstić information content (AvgIpc) is 3.04. The Balaban J connectivity index is 1.55. The smallest absolute Gasteiger partial charge is 0.326 e. The van der Waals surface area contributed by atoms with Gasteiger partial charge in [0, 0.05) is 35.5 Å². The van der Waals surface area contributed by atoms with Crippen molar-refractivity contribution >= 4 is 23.3 Å². The van der Waals surface area contributed by atoms with Crippen molar-refractivity contribution in [2.45, 2.75) is 25.2 Å². The first-order valence-electron chi connectivity index (χ1n) is 12.4. The molecule has 0 radical (unpaired) electrons. The SMILES string of the molecule is CCOC(=O)CN1C(=O)[C@@]2(C=C3c4cc5c(cc4CCN3C(N)=C2C#N)OCCCO5)c2ccccc21. The van der Waals surface area contributed by atoms with Gasteiger partial charge in [-0.25, -0.2) is 0 Å². The summed E-state index contributed by atoms with van der Waals surface area (Å²) >= 11 is 0. The number of para-hydroxylation sites is 1. The number of hydrogen-bond acceptors (Lipinski definition) is 8. The molecule has 1 spiro atoms. The van der Waals surface area contributed by atoms with Crippen LogP contribution in [0, 0.1) is 11.3 Å². The molecule has 0 aliphatic carbocycles. The molecule has 0 saturated heterocycles. The van der Waals surface area contributed by atoms with Gasteiger partial charge in [-0.05, 0) is 43.2 Å². The Morgan fingerprint density at radius 1 is 1.22 bits per heavy atom. The number of rotatable bonds is 3. The normalized spacial score (nSPS) is 21.5. The molecule has 0 bridgehead atoms. The minimum absolute atomic E-state index is 0.151. The number of carbonyl (C=O) groups excluding carboxylic acids is 2. The number of nitrogens with zero attached hydrogens (tertiary/aromatic N) is 3. The lowest BCUT2D eigenvalue weighted by Gasteiger charge is -2.41. The van der Waals surface area contributed by atoms with Gasteiger partial charge in [-0.3, -0.25) is 14.5 Å². The monoisotopic (exact) mass is 498 g/mol. The van der Waals surface area contributed by atoms with E-state index in [-0.39, 0.29) is 24.5 Å². The van der Waals surface area contributed by atoms with Crippen molar-refractivity contribution in [3.63, 3.8) is 0 Å². The first kappa shape index (κ1) is 23.0. The van der Waals surface area contributed by atoms with Gasteiger partial charge in [0.05, 0.1) is 25.4 Å². The van der Waals surface area contributed by atoms with Crippen LogP contribution in [-0.2, 0) is 26.2 Å². The topological polar surface area (TPSA) is 118 Å². The molecule has 0 unspecified atom stereocenters. The minimum atomic E-state index is -1.47. The van der Waals surface area contributed by atoms with Crippen molar-refractivity contribution in [3.8, 4) is 17.6 Å². The summed E-state index contributed by atoms with van der Waals surface area (Å²) in [4.78, 5) is 29.9. The van der Waals surface area contributed by atoms with Crippen molar-refractivity contribution < 1.29 is 23.8 Å². The number of anilines is 1. The maximum Gasteiger partial charge on any atom is 0.326 e. The van der Waals surface area contributed by atoms with E-state index >= 15 is 0 Å². The lowest BCUT2D eigenvalue weighted by atomic mass is 9.71. The van der Waals surface area contributed by atoms with Crippen LogP contribution in [0.25, 0.3) is 5.70 Å². The molecular formula is C28H26N4O5. The highest BCUT2D eigenvalue weighted by Crippen LogP contribution is 2.53. The molecule has 0 saturated carbocycles. The van der Waals surface area contributed by atoms with Crippen LogP contribution in [0.3, 0.4) is 0 Å². The van der Waals surface area contributed by atoms with E-state index in [4.69, 9.17) is 19.9 Å². The van der Waals surface area contributed by atoms with Gasteiger partial charge in [0.25, 0.3) is 0 Å². The van der Waals surface area contributed by atoms with Crippen LogP contribution >= 0.6 is 0 Å². The minimum Gasteiger partial charge on any atom is -0.490 e. The van der Waals surface area contributed by atoms with Crippen molar-refractivity contribution in [2.24, 2.45) is 5.73 Å². The number of hydrogen-bond donors (Lipinski definition) is 1. The fourth-order valence-electron chi connectivity index (χ4n) is 5.71. The van der Waals surface area contributed by atoms with E-state index in [1.165, 1.54) is 4.90 Å². The third-order valence-corrected chi connectivity index (χ3v) is 7.35. The largest absolute Gasteiger partial charge is 0.490 e. The first-order chi connectivity index (χ1) is 18.0. The summed E-state index contributed by atoms with van der Waals surface area (Å²) in [5.41, 5.74) is 9.17. The van der Waals surface area contributed by atoms with Gasteiger partial charge in [-0.2, -0.15) is 5.26 Å². The van der Waals surface area contributed by atoms with Gasteiger partial charge < -0.3 is 24.8 Å². The maximum absolute atomic E-state index is 14.2. The number of amides is 1. The number of nitrogens with two attached hydrogens (primary N) is 1. The maximum atomic E-state index is 14.2.